The Bertz CT molecular complexity index is 510. The van der Waals surface area contributed by atoms with Crippen LogP contribution in [0.4, 0.5) is 0 Å². The molecule has 0 saturated heterocycles. The minimum absolute atomic E-state index is 0.0536. The standard InChI is InChI=1S/C19H23Cl/c1-3-4-5-16-10-12-18(13-11-16)19(20)14-17-8-6-15(2)7-9-17/h6-13,19H,3-5,14H2,1-2H3. The van der Waals surface area contributed by atoms with E-state index >= 15 is 0 Å². The Morgan fingerprint density at radius 3 is 2.10 bits per heavy atom. The van der Waals surface area contributed by atoms with Crippen molar-refractivity contribution in [3.8, 4) is 0 Å². The van der Waals surface area contributed by atoms with E-state index in [0.29, 0.717) is 0 Å². The molecule has 0 amide bonds. The summed E-state index contributed by atoms with van der Waals surface area (Å²) in [6.07, 6.45) is 4.55. The molecule has 106 valence electrons. The largest absolute Gasteiger partial charge is 0.117 e. The highest BCUT2D eigenvalue weighted by atomic mass is 35.5. The Kier molecular flexibility index (Phi) is 5.67. The van der Waals surface area contributed by atoms with Crippen LogP contribution < -0.4 is 0 Å². The second-order valence-corrected chi connectivity index (χ2v) is 6.03. The summed E-state index contributed by atoms with van der Waals surface area (Å²) in [4.78, 5) is 0. The van der Waals surface area contributed by atoms with Crippen molar-refractivity contribution >= 4 is 11.6 Å². The average Bonchev–Trinajstić information content (AvgIpc) is 2.48. The van der Waals surface area contributed by atoms with Crippen LogP contribution in [0, 0.1) is 6.92 Å². The minimum Gasteiger partial charge on any atom is -0.117 e. The maximum Gasteiger partial charge on any atom is 0.0625 e. The van der Waals surface area contributed by atoms with Crippen LogP contribution in [-0.2, 0) is 12.8 Å². The van der Waals surface area contributed by atoms with E-state index < -0.39 is 0 Å². The molecule has 0 bridgehead atoms. The van der Waals surface area contributed by atoms with Crippen molar-refractivity contribution in [1.29, 1.82) is 0 Å². The van der Waals surface area contributed by atoms with E-state index in [9.17, 15) is 0 Å². The second kappa shape index (κ2) is 7.50. The van der Waals surface area contributed by atoms with Crippen molar-refractivity contribution in [2.75, 3.05) is 0 Å². The van der Waals surface area contributed by atoms with Crippen LogP contribution in [0.3, 0.4) is 0 Å². The first-order valence-corrected chi connectivity index (χ1v) is 7.91. The highest BCUT2D eigenvalue weighted by molar-refractivity contribution is 6.20. The maximum atomic E-state index is 6.54. The highest BCUT2D eigenvalue weighted by Gasteiger charge is 2.08. The molecule has 0 heterocycles. The predicted octanol–water partition coefficient (Wildman–Crippen LogP) is 5.86. The van der Waals surface area contributed by atoms with Gasteiger partial charge in [0.25, 0.3) is 0 Å². The normalized spacial score (nSPS) is 12.3. The van der Waals surface area contributed by atoms with E-state index in [1.54, 1.807) is 0 Å². The van der Waals surface area contributed by atoms with E-state index in [0.717, 1.165) is 6.42 Å². The van der Waals surface area contributed by atoms with Crippen molar-refractivity contribution in [1.82, 2.24) is 0 Å². The van der Waals surface area contributed by atoms with E-state index in [2.05, 4.69) is 62.4 Å². The molecule has 1 heteroatoms. The summed E-state index contributed by atoms with van der Waals surface area (Å²) in [5, 5.41) is 0.0536. The molecule has 20 heavy (non-hydrogen) atoms. The quantitative estimate of drug-likeness (QED) is 0.583. The summed E-state index contributed by atoms with van der Waals surface area (Å²) < 4.78 is 0. The number of alkyl halides is 1. The molecule has 0 aliphatic carbocycles. The van der Waals surface area contributed by atoms with Gasteiger partial charge in [0.1, 0.15) is 0 Å². The number of benzene rings is 2. The molecule has 0 nitrogen and oxygen atoms in total. The third-order valence-electron chi connectivity index (χ3n) is 3.70. The molecule has 0 radical (unpaired) electrons. The molecule has 2 aromatic carbocycles. The SMILES string of the molecule is CCCCc1ccc(C(Cl)Cc2ccc(C)cc2)cc1. The topological polar surface area (TPSA) is 0 Å². The van der Waals surface area contributed by atoms with E-state index in [-0.39, 0.29) is 5.38 Å². The molecule has 0 aliphatic heterocycles. The maximum absolute atomic E-state index is 6.54. The van der Waals surface area contributed by atoms with Crippen LogP contribution in [-0.4, -0.2) is 0 Å². The van der Waals surface area contributed by atoms with Crippen molar-refractivity contribution in [3.05, 3.63) is 70.8 Å². The van der Waals surface area contributed by atoms with Gasteiger partial charge in [0.2, 0.25) is 0 Å². The van der Waals surface area contributed by atoms with E-state index in [1.807, 2.05) is 0 Å². The molecular formula is C19H23Cl. The summed E-state index contributed by atoms with van der Waals surface area (Å²) in [5.74, 6) is 0. The van der Waals surface area contributed by atoms with Gasteiger partial charge < -0.3 is 0 Å². The Hall–Kier alpha value is -1.27. The van der Waals surface area contributed by atoms with Crippen molar-refractivity contribution in [3.63, 3.8) is 0 Å². The smallest absolute Gasteiger partial charge is 0.0625 e. The lowest BCUT2D eigenvalue weighted by atomic mass is 10.0. The second-order valence-electron chi connectivity index (χ2n) is 5.50. The lowest BCUT2D eigenvalue weighted by Crippen LogP contribution is -1.96. The molecule has 0 aliphatic rings. The van der Waals surface area contributed by atoms with Gasteiger partial charge in [0, 0.05) is 0 Å². The minimum atomic E-state index is 0.0536. The average molecular weight is 287 g/mol. The number of rotatable bonds is 6. The molecule has 0 saturated carbocycles. The zero-order valence-electron chi connectivity index (χ0n) is 12.4. The third-order valence-corrected chi connectivity index (χ3v) is 4.10. The first kappa shape index (κ1) is 15.1. The summed E-state index contributed by atoms with van der Waals surface area (Å²) in [6, 6.07) is 17.4. The van der Waals surface area contributed by atoms with Crippen LogP contribution in [0.1, 0.15) is 47.4 Å². The predicted molar refractivity (Wildman–Crippen MR) is 88.5 cm³/mol. The monoisotopic (exact) mass is 286 g/mol. The van der Waals surface area contributed by atoms with Gasteiger partial charge in [-0.15, -0.1) is 11.6 Å². The number of hydrogen-bond acceptors (Lipinski definition) is 0. The highest BCUT2D eigenvalue weighted by Crippen LogP contribution is 2.25. The van der Waals surface area contributed by atoms with Crippen LogP contribution in [0.25, 0.3) is 0 Å². The molecule has 2 rings (SSSR count). The molecule has 2 aromatic rings. The molecule has 1 atom stereocenters. The molecule has 0 fully saturated rings. The van der Waals surface area contributed by atoms with Gasteiger partial charge in [0.15, 0.2) is 0 Å². The van der Waals surface area contributed by atoms with E-state index in [4.69, 9.17) is 11.6 Å². The van der Waals surface area contributed by atoms with E-state index in [1.165, 1.54) is 41.5 Å². The molecule has 0 spiro atoms. The number of halogens is 1. The summed E-state index contributed by atoms with van der Waals surface area (Å²) in [5.41, 5.74) is 5.22. The lowest BCUT2D eigenvalue weighted by molar-refractivity contribution is 0.794. The van der Waals surface area contributed by atoms with Crippen LogP contribution >= 0.6 is 11.6 Å². The lowest BCUT2D eigenvalue weighted by Gasteiger charge is -2.11. The van der Waals surface area contributed by atoms with Crippen molar-refractivity contribution in [2.24, 2.45) is 0 Å². The van der Waals surface area contributed by atoms with Crippen LogP contribution in [0.5, 0.6) is 0 Å². The Balaban J connectivity index is 1.98. The zero-order valence-corrected chi connectivity index (χ0v) is 13.2. The summed E-state index contributed by atoms with van der Waals surface area (Å²) in [6.45, 7) is 4.34. The van der Waals surface area contributed by atoms with Gasteiger partial charge in [-0.1, -0.05) is 67.4 Å². The van der Waals surface area contributed by atoms with Crippen molar-refractivity contribution in [2.45, 2.75) is 44.9 Å². The fourth-order valence-corrected chi connectivity index (χ4v) is 2.65. The molecule has 0 N–H and O–H groups in total. The Labute approximate surface area is 127 Å². The Morgan fingerprint density at radius 1 is 0.900 bits per heavy atom. The van der Waals surface area contributed by atoms with Gasteiger partial charge >= 0.3 is 0 Å². The number of hydrogen-bond donors (Lipinski definition) is 0. The first-order valence-electron chi connectivity index (χ1n) is 7.47. The van der Waals surface area contributed by atoms with Gasteiger partial charge in [-0.05, 0) is 42.9 Å². The summed E-state index contributed by atoms with van der Waals surface area (Å²) >= 11 is 6.54. The zero-order chi connectivity index (χ0) is 14.4. The number of aryl methyl sites for hydroxylation is 2. The van der Waals surface area contributed by atoms with Crippen LogP contribution in [0.15, 0.2) is 48.5 Å². The molecule has 1 unspecified atom stereocenters. The molecule has 0 aromatic heterocycles. The molecular weight excluding hydrogens is 264 g/mol. The van der Waals surface area contributed by atoms with Crippen LogP contribution in [0.2, 0.25) is 0 Å². The van der Waals surface area contributed by atoms with Gasteiger partial charge in [0.05, 0.1) is 5.38 Å². The van der Waals surface area contributed by atoms with Gasteiger partial charge in [-0.2, -0.15) is 0 Å². The first-order chi connectivity index (χ1) is 9.69. The third kappa shape index (κ3) is 4.38. The number of unbranched alkanes of at least 4 members (excludes halogenated alkanes) is 1. The van der Waals surface area contributed by atoms with Gasteiger partial charge in [-0.3, -0.25) is 0 Å². The van der Waals surface area contributed by atoms with Gasteiger partial charge in [-0.25, -0.2) is 0 Å². The summed E-state index contributed by atoms with van der Waals surface area (Å²) in [7, 11) is 0. The fourth-order valence-electron chi connectivity index (χ4n) is 2.32. The van der Waals surface area contributed by atoms with Crippen molar-refractivity contribution < 1.29 is 0 Å². The Morgan fingerprint density at radius 2 is 1.50 bits per heavy atom. The fraction of sp³-hybridized carbons (Fsp3) is 0.368.